The molecule has 5 nitrogen and oxygen atoms in total. The van der Waals surface area contributed by atoms with Crippen molar-refractivity contribution in [2.24, 2.45) is 0 Å². The number of aromatic nitrogens is 2. The first kappa shape index (κ1) is 23.5. The molecule has 4 rings (SSSR count). The fourth-order valence-corrected chi connectivity index (χ4v) is 4.65. The first-order valence-electron chi connectivity index (χ1n) is 9.05. The van der Waals surface area contributed by atoms with Gasteiger partial charge in [-0.05, 0) is 49.1 Å². The summed E-state index contributed by atoms with van der Waals surface area (Å²) in [5, 5.41) is 15.0. The summed E-state index contributed by atoms with van der Waals surface area (Å²) in [6.07, 6.45) is 0. The molecular formula is C22H19ClKN3O2S. The van der Waals surface area contributed by atoms with Crippen LogP contribution in [0.5, 0.6) is 5.75 Å². The van der Waals surface area contributed by atoms with E-state index in [1.165, 1.54) is 11.3 Å². The molecular weight excluding hydrogens is 445 g/mol. The summed E-state index contributed by atoms with van der Waals surface area (Å²) in [6.45, 7) is 3.66. The molecule has 0 atom stereocenters. The smallest absolute Gasteiger partial charge is 0.871 e. The van der Waals surface area contributed by atoms with Gasteiger partial charge in [-0.2, -0.15) is 0 Å². The molecule has 0 aliphatic heterocycles. The quantitative estimate of drug-likeness (QED) is 0.470. The standard InChI is InChI=1S/C22H20ClN3O2S.K/c1-11-21(29-12(2)24-11)19-20(27)16-9-15(17(23)10-18(16)25-22(19)28)13-5-7-14(8-6-13)26(3)4;/h5-10H,1-4H3,(H2,25,27,28);/q;+1/p-1. The fourth-order valence-electron chi connectivity index (χ4n) is 3.42. The van der Waals surface area contributed by atoms with Crippen LogP contribution in [0.3, 0.4) is 0 Å². The Hall–Kier alpha value is -1.19. The normalized spacial score (nSPS) is 10.8. The number of H-pyrrole nitrogens is 1. The van der Waals surface area contributed by atoms with E-state index in [2.05, 4.69) is 9.97 Å². The Morgan fingerprint density at radius 2 is 1.80 bits per heavy atom. The maximum atomic E-state index is 13.3. The minimum absolute atomic E-state index is 0. The number of hydrogen-bond donors (Lipinski definition) is 1. The molecule has 148 valence electrons. The third-order valence-electron chi connectivity index (χ3n) is 4.88. The van der Waals surface area contributed by atoms with Gasteiger partial charge in [0.25, 0.3) is 5.56 Å². The number of nitrogens with one attached hydrogen (secondary N) is 1. The van der Waals surface area contributed by atoms with E-state index in [1.807, 2.05) is 57.1 Å². The van der Waals surface area contributed by atoms with Gasteiger partial charge in [0.05, 0.1) is 26.2 Å². The Morgan fingerprint density at radius 1 is 1.13 bits per heavy atom. The molecule has 0 saturated heterocycles. The third kappa shape index (κ3) is 4.25. The van der Waals surface area contributed by atoms with Crippen LogP contribution in [-0.4, -0.2) is 24.1 Å². The van der Waals surface area contributed by atoms with Gasteiger partial charge >= 0.3 is 51.4 Å². The Bertz CT molecular complexity index is 1300. The first-order chi connectivity index (χ1) is 13.8. The Balaban J connectivity index is 0.00000256. The van der Waals surface area contributed by atoms with Crippen molar-refractivity contribution in [3.05, 3.63) is 62.5 Å². The van der Waals surface area contributed by atoms with E-state index < -0.39 is 5.56 Å². The maximum Gasteiger partial charge on any atom is 1.00 e. The van der Waals surface area contributed by atoms with E-state index in [0.29, 0.717) is 26.5 Å². The number of benzene rings is 2. The number of aryl methyl sites for hydroxylation is 2. The molecule has 0 aliphatic rings. The number of halogens is 1. The fraction of sp³-hybridized carbons (Fsp3) is 0.182. The molecule has 1 N–H and O–H groups in total. The molecule has 2 heterocycles. The zero-order valence-corrected chi connectivity index (χ0v) is 22.2. The van der Waals surface area contributed by atoms with Crippen LogP contribution in [0.1, 0.15) is 10.7 Å². The molecule has 0 aliphatic carbocycles. The molecule has 0 unspecified atom stereocenters. The predicted molar refractivity (Wildman–Crippen MR) is 119 cm³/mol. The van der Waals surface area contributed by atoms with Crippen molar-refractivity contribution < 1.29 is 56.5 Å². The molecule has 0 amide bonds. The average molecular weight is 464 g/mol. The van der Waals surface area contributed by atoms with Gasteiger partial charge in [-0.15, -0.1) is 11.3 Å². The summed E-state index contributed by atoms with van der Waals surface area (Å²) in [5.74, 6) is -0.307. The average Bonchev–Trinajstić information content (AvgIpc) is 2.99. The maximum absolute atomic E-state index is 13.3. The molecule has 0 spiro atoms. The van der Waals surface area contributed by atoms with Crippen LogP contribution in [0.25, 0.3) is 32.5 Å². The van der Waals surface area contributed by atoms with Crippen molar-refractivity contribution in [2.75, 3.05) is 19.0 Å². The van der Waals surface area contributed by atoms with Crippen molar-refractivity contribution in [3.63, 3.8) is 0 Å². The van der Waals surface area contributed by atoms with Gasteiger partial charge in [0.2, 0.25) is 0 Å². The van der Waals surface area contributed by atoms with Gasteiger partial charge in [0.1, 0.15) is 0 Å². The number of aromatic amines is 1. The van der Waals surface area contributed by atoms with E-state index in [1.54, 1.807) is 12.1 Å². The van der Waals surface area contributed by atoms with Gasteiger partial charge in [-0.1, -0.05) is 29.5 Å². The molecule has 4 aromatic rings. The summed E-state index contributed by atoms with van der Waals surface area (Å²) < 4.78 is 0. The molecule has 30 heavy (non-hydrogen) atoms. The van der Waals surface area contributed by atoms with Crippen LogP contribution in [0, 0.1) is 13.8 Å². The summed E-state index contributed by atoms with van der Waals surface area (Å²) in [5.41, 5.74) is 3.54. The van der Waals surface area contributed by atoms with E-state index >= 15 is 0 Å². The number of fused-ring (bicyclic) bond motifs is 1. The van der Waals surface area contributed by atoms with Gasteiger partial charge in [0.15, 0.2) is 0 Å². The number of hydrogen-bond acceptors (Lipinski definition) is 5. The zero-order valence-electron chi connectivity index (χ0n) is 17.5. The van der Waals surface area contributed by atoms with Crippen LogP contribution in [0.4, 0.5) is 5.69 Å². The molecule has 0 saturated carbocycles. The van der Waals surface area contributed by atoms with Crippen LogP contribution in [-0.2, 0) is 0 Å². The van der Waals surface area contributed by atoms with Gasteiger partial charge in [0, 0.05) is 30.9 Å². The van der Waals surface area contributed by atoms with Crippen LogP contribution in [0.15, 0.2) is 41.2 Å². The number of pyridine rings is 1. The summed E-state index contributed by atoms with van der Waals surface area (Å²) in [6, 6.07) is 11.3. The van der Waals surface area contributed by atoms with Crippen molar-refractivity contribution in [1.82, 2.24) is 9.97 Å². The van der Waals surface area contributed by atoms with Crippen molar-refractivity contribution in [1.29, 1.82) is 0 Å². The molecule has 8 heteroatoms. The van der Waals surface area contributed by atoms with Crippen LogP contribution >= 0.6 is 22.9 Å². The molecule has 0 bridgehead atoms. The predicted octanol–water partition coefficient (Wildman–Crippen LogP) is 1.73. The Labute approximate surface area is 226 Å². The molecule has 0 fully saturated rings. The van der Waals surface area contributed by atoms with E-state index in [4.69, 9.17) is 11.6 Å². The summed E-state index contributed by atoms with van der Waals surface area (Å²) >= 11 is 7.84. The molecule has 2 aromatic carbocycles. The number of nitrogens with zero attached hydrogens (tertiary/aromatic N) is 2. The van der Waals surface area contributed by atoms with E-state index in [9.17, 15) is 9.90 Å². The van der Waals surface area contributed by atoms with E-state index in [0.717, 1.165) is 21.8 Å². The van der Waals surface area contributed by atoms with Crippen LogP contribution < -0.4 is 67.0 Å². The second kappa shape index (κ2) is 9.12. The second-order valence-electron chi connectivity index (χ2n) is 7.12. The SMILES string of the molecule is Cc1nc(C)c(-c2c([O-])c3cc(-c4ccc(N(C)C)cc4)c(Cl)cc3[nH]c2=O)s1.[K+]. The second-order valence-corrected chi connectivity index (χ2v) is 8.74. The molecule has 2 aromatic heterocycles. The van der Waals surface area contributed by atoms with Crippen LogP contribution in [0.2, 0.25) is 5.02 Å². The number of rotatable bonds is 3. The van der Waals surface area contributed by atoms with Crippen molar-refractivity contribution in [2.45, 2.75) is 13.8 Å². The third-order valence-corrected chi connectivity index (χ3v) is 6.28. The molecule has 0 radical (unpaired) electrons. The van der Waals surface area contributed by atoms with Gasteiger partial charge in [-0.3, -0.25) is 4.79 Å². The monoisotopic (exact) mass is 463 g/mol. The number of anilines is 1. The largest absolute Gasteiger partial charge is 1.00 e. The van der Waals surface area contributed by atoms with E-state index in [-0.39, 0.29) is 62.7 Å². The Morgan fingerprint density at radius 3 is 2.37 bits per heavy atom. The zero-order chi connectivity index (χ0) is 20.9. The topological polar surface area (TPSA) is 72.1 Å². The summed E-state index contributed by atoms with van der Waals surface area (Å²) in [7, 11) is 3.95. The first-order valence-corrected chi connectivity index (χ1v) is 10.2. The van der Waals surface area contributed by atoms with Crippen molar-refractivity contribution >= 4 is 39.5 Å². The number of thiazole rings is 1. The van der Waals surface area contributed by atoms with Gasteiger partial charge < -0.3 is 15.0 Å². The summed E-state index contributed by atoms with van der Waals surface area (Å²) in [4.78, 5) is 22.4. The van der Waals surface area contributed by atoms with Gasteiger partial charge in [-0.25, -0.2) is 4.98 Å². The minimum Gasteiger partial charge on any atom is -0.871 e. The van der Waals surface area contributed by atoms with Crippen molar-refractivity contribution in [3.8, 4) is 27.3 Å². The minimum atomic E-state index is -0.423. The Kier molecular flexibility index (Phi) is 7.13.